The molecule has 0 bridgehead atoms. The van der Waals surface area contributed by atoms with Crippen LogP contribution >= 0.6 is 0 Å². The van der Waals surface area contributed by atoms with Gasteiger partial charge in [-0.3, -0.25) is 4.98 Å². The second-order valence-corrected chi connectivity index (χ2v) is 7.00. The molecule has 0 saturated carbocycles. The van der Waals surface area contributed by atoms with Crippen LogP contribution in [0.4, 0.5) is 5.69 Å². The van der Waals surface area contributed by atoms with Crippen molar-refractivity contribution in [3.05, 3.63) is 18.5 Å². The zero-order valence-electron chi connectivity index (χ0n) is 11.9. The monoisotopic (exact) mass is 299 g/mol. The standard InChI is InChI=1S/C13H21N3O3S/c1-14-12-5-6-15-8-13(12)20(17,18)16(2)9-11-4-3-7-19-10-11/h5-6,8,11H,3-4,7,9-10H2,1-2H3,(H,14,15). The molecular formula is C13H21N3O3S. The third kappa shape index (κ3) is 3.28. The van der Waals surface area contributed by atoms with Gasteiger partial charge in [0.15, 0.2) is 0 Å². The smallest absolute Gasteiger partial charge is 0.246 e. The lowest BCUT2D eigenvalue weighted by Crippen LogP contribution is -2.35. The number of hydrogen-bond acceptors (Lipinski definition) is 5. The van der Waals surface area contributed by atoms with Gasteiger partial charge in [-0.1, -0.05) is 0 Å². The Morgan fingerprint density at radius 1 is 1.55 bits per heavy atom. The van der Waals surface area contributed by atoms with Crippen molar-refractivity contribution < 1.29 is 13.2 Å². The third-order valence-electron chi connectivity index (χ3n) is 3.51. The topological polar surface area (TPSA) is 71.5 Å². The summed E-state index contributed by atoms with van der Waals surface area (Å²) in [4.78, 5) is 4.13. The summed E-state index contributed by atoms with van der Waals surface area (Å²) in [6, 6.07) is 1.66. The third-order valence-corrected chi connectivity index (χ3v) is 5.36. The summed E-state index contributed by atoms with van der Waals surface area (Å²) >= 11 is 0. The molecule has 1 atom stereocenters. The van der Waals surface area contributed by atoms with E-state index in [9.17, 15) is 8.42 Å². The van der Waals surface area contributed by atoms with Crippen molar-refractivity contribution in [2.75, 3.05) is 39.2 Å². The van der Waals surface area contributed by atoms with Gasteiger partial charge in [-0.2, -0.15) is 0 Å². The molecule has 20 heavy (non-hydrogen) atoms. The van der Waals surface area contributed by atoms with Gasteiger partial charge in [0, 0.05) is 39.6 Å². The van der Waals surface area contributed by atoms with E-state index in [0.717, 1.165) is 19.4 Å². The summed E-state index contributed by atoms with van der Waals surface area (Å²) in [6.45, 7) is 1.88. The normalized spacial score (nSPS) is 20.1. The van der Waals surface area contributed by atoms with Crippen molar-refractivity contribution in [2.45, 2.75) is 17.7 Å². The first-order valence-electron chi connectivity index (χ1n) is 6.71. The minimum Gasteiger partial charge on any atom is -0.387 e. The maximum absolute atomic E-state index is 12.6. The van der Waals surface area contributed by atoms with Gasteiger partial charge in [0.2, 0.25) is 10.0 Å². The molecule has 1 aliphatic heterocycles. The van der Waals surface area contributed by atoms with Gasteiger partial charge in [-0.25, -0.2) is 12.7 Å². The molecule has 1 N–H and O–H groups in total. The molecule has 1 fully saturated rings. The van der Waals surface area contributed by atoms with Crippen molar-refractivity contribution >= 4 is 15.7 Å². The zero-order chi connectivity index (χ0) is 14.6. The average Bonchev–Trinajstić information content (AvgIpc) is 2.48. The van der Waals surface area contributed by atoms with Crippen LogP contribution < -0.4 is 5.32 Å². The fourth-order valence-corrected chi connectivity index (χ4v) is 3.76. The Labute approximate surface area is 120 Å². The molecule has 1 unspecified atom stereocenters. The predicted octanol–water partition coefficient (Wildman–Crippen LogP) is 1.17. The van der Waals surface area contributed by atoms with Crippen LogP contribution in [0.5, 0.6) is 0 Å². The number of rotatable bonds is 5. The molecule has 1 saturated heterocycles. The highest BCUT2D eigenvalue weighted by atomic mass is 32.2. The van der Waals surface area contributed by atoms with Crippen molar-refractivity contribution in [3.63, 3.8) is 0 Å². The van der Waals surface area contributed by atoms with E-state index in [1.54, 1.807) is 26.4 Å². The molecule has 0 aliphatic carbocycles. The molecule has 1 aromatic rings. The lowest BCUT2D eigenvalue weighted by atomic mass is 10.0. The van der Waals surface area contributed by atoms with E-state index < -0.39 is 10.0 Å². The molecule has 0 spiro atoms. The second kappa shape index (κ2) is 6.51. The highest BCUT2D eigenvalue weighted by molar-refractivity contribution is 7.89. The molecule has 1 aliphatic rings. The van der Waals surface area contributed by atoms with Crippen LogP contribution in [0.25, 0.3) is 0 Å². The Balaban J connectivity index is 2.16. The van der Waals surface area contributed by atoms with Crippen LogP contribution in [-0.4, -0.2) is 51.6 Å². The molecule has 0 aromatic carbocycles. The number of nitrogens with one attached hydrogen (secondary N) is 1. The summed E-state index contributed by atoms with van der Waals surface area (Å²) in [5.41, 5.74) is 0.562. The van der Waals surface area contributed by atoms with Crippen LogP contribution in [0.3, 0.4) is 0 Å². The largest absolute Gasteiger partial charge is 0.387 e. The van der Waals surface area contributed by atoms with Crippen LogP contribution in [0, 0.1) is 5.92 Å². The first-order valence-corrected chi connectivity index (χ1v) is 8.15. The Morgan fingerprint density at radius 2 is 2.35 bits per heavy atom. The first-order chi connectivity index (χ1) is 9.55. The highest BCUT2D eigenvalue weighted by Crippen LogP contribution is 2.24. The molecule has 112 valence electrons. The van der Waals surface area contributed by atoms with E-state index in [1.165, 1.54) is 10.5 Å². The highest BCUT2D eigenvalue weighted by Gasteiger charge is 2.27. The fourth-order valence-electron chi connectivity index (χ4n) is 2.37. The minimum atomic E-state index is -3.53. The average molecular weight is 299 g/mol. The Kier molecular flexibility index (Phi) is 4.95. The maximum Gasteiger partial charge on any atom is 0.246 e. The van der Waals surface area contributed by atoms with Gasteiger partial charge in [-0.05, 0) is 24.8 Å². The lowest BCUT2D eigenvalue weighted by molar-refractivity contribution is 0.0495. The minimum absolute atomic E-state index is 0.210. The number of sulfonamides is 1. The summed E-state index contributed by atoms with van der Waals surface area (Å²) in [6.07, 6.45) is 4.95. The van der Waals surface area contributed by atoms with Crippen LogP contribution in [0.1, 0.15) is 12.8 Å². The summed E-state index contributed by atoms with van der Waals surface area (Å²) in [5.74, 6) is 0.262. The van der Waals surface area contributed by atoms with Crippen molar-refractivity contribution in [1.29, 1.82) is 0 Å². The van der Waals surface area contributed by atoms with Crippen LogP contribution in [-0.2, 0) is 14.8 Å². The molecule has 2 heterocycles. The Morgan fingerprint density at radius 3 is 3.00 bits per heavy atom. The number of anilines is 1. The molecule has 6 nitrogen and oxygen atoms in total. The zero-order valence-corrected chi connectivity index (χ0v) is 12.7. The number of hydrogen-bond donors (Lipinski definition) is 1. The van der Waals surface area contributed by atoms with Gasteiger partial charge in [0.1, 0.15) is 4.90 Å². The molecule has 2 rings (SSSR count). The van der Waals surface area contributed by atoms with Crippen LogP contribution in [0.15, 0.2) is 23.4 Å². The molecule has 0 amide bonds. The molecule has 1 aromatic heterocycles. The van der Waals surface area contributed by atoms with Gasteiger partial charge < -0.3 is 10.1 Å². The summed E-state index contributed by atoms with van der Waals surface area (Å²) < 4.78 is 32.0. The van der Waals surface area contributed by atoms with Crippen molar-refractivity contribution in [3.8, 4) is 0 Å². The molecular weight excluding hydrogens is 278 g/mol. The fraction of sp³-hybridized carbons (Fsp3) is 0.615. The molecule has 7 heteroatoms. The quantitative estimate of drug-likeness (QED) is 0.883. The van der Waals surface area contributed by atoms with Gasteiger partial charge >= 0.3 is 0 Å². The predicted molar refractivity (Wildman–Crippen MR) is 77.1 cm³/mol. The molecule has 0 radical (unpaired) electrons. The van der Waals surface area contributed by atoms with E-state index in [2.05, 4.69) is 10.3 Å². The van der Waals surface area contributed by atoms with E-state index in [0.29, 0.717) is 18.8 Å². The Bertz CT molecular complexity index is 542. The van der Waals surface area contributed by atoms with E-state index in [4.69, 9.17) is 4.74 Å². The number of aromatic nitrogens is 1. The van der Waals surface area contributed by atoms with Crippen molar-refractivity contribution in [2.24, 2.45) is 5.92 Å². The van der Waals surface area contributed by atoms with E-state index >= 15 is 0 Å². The number of pyridine rings is 1. The maximum atomic E-state index is 12.6. The van der Waals surface area contributed by atoms with E-state index in [-0.39, 0.29) is 10.8 Å². The van der Waals surface area contributed by atoms with Gasteiger partial charge in [-0.15, -0.1) is 0 Å². The summed E-state index contributed by atoms with van der Waals surface area (Å²) in [7, 11) is -0.223. The van der Waals surface area contributed by atoms with Crippen molar-refractivity contribution in [1.82, 2.24) is 9.29 Å². The summed E-state index contributed by atoms with van der Waals surface area (Å²) in [5, 5.41) is 2.89. The van der Waals surface area contributed by atoms with E-state index in [1.807, 2.05) is 0 Å². The second-order valence-electron chi connectivity index (χ2n) is 4.99. The lowest BCUT2D eigenvalue weighted by Gasteiger charge is -2.27. The first kappa shape index (κ1) is 15.2. The number of nitrogens with zero attached hydrogens (tertiary/aromatic N) is 2. The van der Waals surface area contributed by atoms with Gasteiger partial charge in [0.05, 0.1) is 12.3 Å². The number of ether oxygens (including phenoxy) is 1. The van der Waals surface area contributed by atoms with Gasteiger partial charge in [0.25, 0.3) is 0 Å². The Hall–Kier alpha value is -1.18. The van der Waals surface area contributed by atoms with Crippen LogP contribution in [0.2, 0.25) is 0 Å². The SMILES string of the molecule is CNc1ccncc1S(=O)(=O)N(C)CC1CCCOC1.